The van der Waals surface area contributed by atoms with Gasteiger partial charge in [-0.05, 0) is 48.7 Å². The Morgan fingerprint density at radius 2 is 1.82 bits per heavy atom. The van der Waals surface area contributed by atoms with Crippen molar-refractivity contribution in [2.24, 2.45) is 5.92 Å². The highest BCUT2D eigenvalue weighted by Gasteiger charge is 2.16. The molecule has 2 rings (SSSR count). The van der Waals surface area contributed by atoms with E-state index in [1.54, 1.807) is 6.92 Å². The van der Waals surface area contributed by atoms with Crippen LogP contribution in [0.15, 0.2) is 41.3 Å². The van der Waals surface area contributed by atoms with Crippen molar-refractivity contribution in [2.45, 2.75) is 25.7 Å². The van der Waals surface area contributed by atoms with E-state index in [1.165, 1.54) is 24.3 Å². The molecule has 0 unspecified atom stereocenters. The summed E-state index contributed by atoms with van der Waals surface area (Å²) in [5.74, 6) is -2.14. The van der Waals surface area contributed by atoms with Gasteiger partial charge in [0.25, 0.3) is 5.91 Å². The number of aryl methyl sites for hydroxylation is 1. The molecule has 0 heterocycles. The number of rotatable bonds is 8. The molecule has 0 aliphatic heterocycles. The van der Waals surface area contributed by atoms with Gasteiger partial charge in [-0.3, -0.25) is 4.79 Å². The number of carbonyl (C=O) groups excluding carboxylic acids is 1. The molecule has 0 fully saturated rings. The largest absolute Gasteiger partial charge is 0.483 e. The minimum absolute atomic E-state index is 0.0990. The summed E-state index contributed by atoms with van der Waals surface area (Å²) in [6, 6.07) is 7.30. The molecule has 0 aliphatic carbocycles. The van der Waals surface area contributed by atoms with Crippen LogP contribution in [0.2, 0.25) is 0 Å². The van der Waals surface area contributed by atoms with Crippen molar-refractivity contribution in [3.8, 4) is 5.75 Å². The molecule has 1 amide bonds. The van der Waals surface area contributed by atoms with E-state index < -0.39 is 27.6 Å². The molecule has 6 nitrogen and oxygen atoms in total. The summed E-state index contributed by atoms with van der Waals surface area (Å²) in [6.07, 6.45) is 0. The Kier molecular flexibility index (Phi) is 7.09. The summed E-state index contributed by atoms with van der Waals surface area (Å²) in [6.45, 7) is 5.40. The molecular weight excluding hydrogens is 390 g/mol. The fraction of sp³-hybridized carbons (Fsp3) is 0.316. The van der Waals surface area contributed by atoms with Gasteiger partial charge in [-0.25, -0.2) is 21.9 Å². The number of anilines is 1. The average Bonchev–Trinajstić information content (AvgIpc) is 2.62. The van der Waals surface area contributed by atoms with Crippen LogP contribution in [0.4, 0.5) is 14.5 Å². The lowest BCUT2D eigenvalue weighted by molar-refractivity contribution is -0.118. The van der Waals surface area contributed by atoms with Crippen LogP contribution >= 0.6 is 0 Å². The highest BCUT2D eigenvalue weighted by molar-refractivity contribution is 7.89. The molecule has 28 heavy (non-hydrogen) atoms. The van der Waals surface area contributed by atoms with Crippen LogP contribution in [0, 0.1) is 24.5 Å². The molecule has 152 valence electrons. The average molecular weight is 412 g/mol. The second kappa shape index (κ2) is 9.11. The monoisotopic (exact) mass is 412 g/mol. The molecule has 0 spiro atoms. The van der Waals surface area contributed by atoms with Crippen molar-refractivity contribution in [1.29, 1.82) is 0 Å². The van der Waals surface area contributed by atoms with Crippen LogP contribution in [-0.2, 0) is 14.8 Å². The summed E-state index contributed by atoms with van der Waals surface area (Å²) in [5, 5.41) is 2.39. The molecule has 2 N–H and O–H groups in total. The lowest BCUT2D eigenvalue weighted by atomic mass is 10.2. The molecule has 2 aromatic carbocycles. The van der Waals surface area contributed by atoms with Gasteiger partial charge in [0.05, 0.1) is 4.90 Å². The third kappa shape index (κ3) is 6.00. The maximum absolute atomic E-state index is 13.2. The predicted octanol–water partition coefficient (Wildman–Crippen LogP) is 3.23. The molecule has 0 atom stereocenters. The zero-order valence-corrected chi connectivity index (χ0v) is 16.6. The standard InChI is InChI=1S/C19H22F2N2O4S/c1-12(2)10-22-28(25,26)15-5-7-18(13(3)8-15)27-11-19(24)23-14-4-6-16(20)17(21)9-14/h4-9,12,22H,10-11H2,1-3H3,(H,23,24). The van der Waals surface area contributed by atoms with Gasteiger partial charge in [0.1, 0.15) is 5.75 Å². The Morgan fingerprint density at radius 3 is 2.43 bits per heavy atom. The molecule has 0 saturated carbocycles. The number of amides is 1. The van der Waals surface area contributed by atoms with Gasteiger partial charge in [0.2, 0.25) is 10.0 Å². The number of halogens is 2. The van der Waals surface area contributed by atoms with Crippen LogP contribution in [0.25, 0.3) is 0 Å². The first-order valence-corrected chi connectivity index (χ1v) is 10.0. The zero-order valence-electron chi connectivity index (χ0n) is 15.8. The van der Waals surface area contributed by atoms with E-state index in [0.717, 1.165) is 12.1 Å². The van der Waals surface area contributed by atoms with Crippen LogP contribution < -0.4 is 14.8 Å². The van der Waals surface area contributed by atoms with Crippen molar-refractivity contribution in [3.05, 3.63) is 53.6 Å². The first kappa shape index (κ1) is 21.8. The quantitative estimate of drug-likeness (QED) is 0.697. The van der Waals surface area contributed by atoms with E-state index in [2.05, 4.69) is 10.0 Å². The van der Waals surface area contributed by atoms with Gasteiger partial charge in [-0.15, -0.1) is 0 Å². The molecule has 2 aromatic rings. The second-order valence-electron chi connectivity index (χ2n) is 6.64. The normalized spacial score (nSPS) is 11.5. The highest BCUT2D eigenvalue weighted by Crippen LogP contribution is 2.22. The molecule has 9 heteroatoms. The SMILES string of the molecule is Cc1cc(S(=O)(=O)NCC(C)C)ccc1OCC(=O)Nc1ccc(F)c(F)c1. The van der Waals surface area contributed by atoms with Gasteiger partial charge in [0, 0.05) is 18.3 Å². The number of carbonyl (C=O) groups is 1. The predicted molar refractivity (Wildman–Crippen MR) is 102 cm³/mol. The lowest BCUT2D eigenvalue weighted by Gasteiger charge is -2.12. The molecule has 0 radical (unpaired) electrons. The van der Waals surface area contributed by atoms with Gasteiger partial charge >= 0.3 is 0 Å². The summed E-state index contributed by atoms with van der Waals surface area (Å²) >= 11 is 0. The van der Waals surface area contributed by atoms with Crippen LogP contribution in [0.3, 0.4) is 0 Å². The van der Waals surface area contributed by atoms with Crippen molar-refractivity contribution >= 4 is 21.6 Å². The Bertz CT molecular complexity index is 962. The molecule has 0 aromatic heterocycles. The number of hydrogen-bond donors (Lipinski definition) is 2. The van der Waals surface area contributed by atoms with Crippen LogP contribution in [-0.4, -0.2) is 27.5 Å². The highest BCUT2D eigenvalue weighted by atomic mass is 32.2. The summed E-state index contributed by atoms with van der Waals surface area (Å²) in [4.78, 5) is 12.0. The Balaban J connectivity index is 1.99. The summed E-state index contributed by atoms with van der Waals surface area (Å²) in [7, 11) is -3.63. The number of ether oxygens (including phenoxy) is 1. The van der Waals surface area contributed by atoms with Gasteiger partial charge in [-0.1, -0.05) is 13.8 Å². The number of hydrogen-bond acceptors (Lipinski definition) is 4. The maximum Gasteiger partial charge on any atom is 0.262 e. The van der Waals surface area contributed by atoms with Crippen LogP contribution in [0.5, 0.6) is 5.75 Å². The van der Waals surface area contributed by atoms with E-state index >= 15 is 0 Å². The van der Waals surface area contributed by atoms with Gasteiger partial charge in [0.15, 0.2) is 18.2 Å². The van der Waals surface area contributed by atoms with E-state index in [9.17, 15) is 22.0 Å². The van der Waals surface area contributed by atoms with Crippen molar-refractivity contribution in [2.75, 3.05) is 18.5 Å². The summed E-state index contributed by atoms with van der Waals surface area (Å²) < 4.78 is 58.5. The van der Waals surface area contributed by atoms with Crippen molar-refractivity contribution < 1.29 is 26.7 Å². The first-order chi connectivity index (χ1) is 13.1. The van der Waals surface area contributed by atoms with E-state index in [1.807, 2.05) is 13.8 Å². The van der Waals surface area contributed by atoms with E-state index in [-0.39, 0.29) is 23.1 Å². The molecule has 0 aliphatic rings. The molecular formula is C19H22F2N2O4S. The third-order valence-electron chi connectivity index (χ3n) is 3.70. The number of benzene rings is 2. The third-order valence-corrected chi connectivity index (χ3v) is 5.12. The molecule has 0 saturated heterocycles. The minimum Gasteiger partial charge on any atom is -0.483 e. The number of sulfonamides is 1. The van der Waals surface area contributed by atoms with Crippen LogP contribution in [0.1, 0.15) is 19.4 Å². The second-order valence-corrected chi connectivity index (χ2v) is 8.41. The van der Waals surface area contributed by atoms with Gasteiger partial charge < -0.3 is 10.1 Å². The van der Waals surface area contributed by atoms with Crippen molar-refractivity contribution in [3.63, 3.8) is 0 Å². The maximum atomic E-state index is 13.2. The fourth-order valence-corrected chi connectivity index (χ4v) is 3.52. The minimum atomic E-state index is -3.63. The van der Waals surface area contributed by atoms with Crippen molar-refractivity contribution in [1.82, 2.24) is 4.72 Å². The summed E-state index contributed by atoms with van der Waals surface area (Å²) in [5.41, 5.74) is 0.634. The lowest BCUT2D eigenvalue weighted by Crippen LogP contribution is -2.27. The molecule has 0 bridgehead atoms. The zero-order chi connectivity index (χ0) is 20.9. The van der Waals surface area contributed by atoms with E-state index in [4.69, 9.17) is 4.74 Å². The topological polar surface area (TPSA) is 84.5 Å². The fourth-order valence-electron chi connectivity index (χ4n) is 2.22. The smallest absolute Gasteiger partial charge is 0.262 e. The Labute approximate surface area is 163 Å². The first-order valence-electron chi connectivity index (χ1n) is 8.56. The number of nitrogens with one attached hydrogen (secondary N) is 2. The van der Waals surface area contributed by atoms with Gasteiger partial charge in [-0.2, -0.15) is 0 Å². The van der Waals surface area contributed by atoms with E-state index in [0.29, 0.717) is 17.9 Å². The Morgan fingerprint density at radius 1 is 1.11 bits per heavy atom. The Hall–Kier alpha value is -2.52.